The van der Waals surface area contributed by atoms with Gasteiger partial charge in [-0.3, -0.25) is 4.40 Å². The number of halogens is 2. The summed E-state index contributed by atoms with van der Waals surface area (Å²) < 4.78 is 33.1. The number of ether oxygens (including phenoxy) is 1. The molecule has 0 unspecified atom stereocenters. The van der Waals surface area contributed by atoms with E-state index in [9.17, 15) is 13.6 Å². The minimum atomic E-state index is -2.65. The number of nitrogens with zero attached hydrogens (tertiary/aromatic N) is 4. The van der Waals surface area contributed by atoms with Gasteiger partial charge in [-0.2, -0.15) is 4.98 Å². The lowest BCUT2D eigenvalue weighted by molar-refractivity contribution is -0.0221. The molecule has 3 heterocycles. The smallest absolute Gasteiger partial charge is 0.390 e. The molecule has 1 saturated heterocycles. The van der Waals surface area contributed by atoms with Crippen molar-refractivity contribution < 1.29 is 18.3 Å². The van der Waals surface area contributed by atoms with Crippen molar-refractivity contribution in [3.05, 3.63) is 18.1 Å². The number of anilines is 1. The summed E-state index contributed by atoms with van der Waals surface area (Å²) in [5.41, 5.74) is 6.34. The summed E-state index contributed by atoms with van der Waals surface area (Å²) in [6.07, 6.45) is 1.64. The first kappa shape index (κ1) is 14.5. The van der Waals surface area contributed by atoms with Crippen LogP contribution in [0, 0.1) is 6.92 Å². The van der Waals surface area contributed by atoms with Crippen LogP contribution in [-0.4, -0.2) is 39.5 Å². The van der Waals surface area contributed by atoms with E-state index in [1.165, 1.54) is 6.20 Å². The maximum absolute atomic E-state index is 13.3. The lowest BCUT2D eigenvalue weighted by atomic mass is 10.1. The Morgan fingerprint density at radius 2 is 2.09 bits per heavy atom. The highest BCUT2D eigenvalue weighted by Crippen LogP contribution is 2.32. The molecule has 118 valence electrons. The van der Waals surface area contributed by atoms with Gasteiger partial charge in [-0.1, -0.05) is 0 Å². The van der Waals surface area contributed by atoms with Gasteiger partial charge >= 0.3 is 6.09 Å². The first-order valence-electron chi connectivity index (χ1n) is 6.80. The normalized spacial score (nSPS) is 17.7. The van der Waals surface area contributed by atoms with Gasteiger partial charge in [0.15, 0.2) is 11.5 Å². The Balaban J connectivity index is 2.02. The Bertz CT molecular complexity index is 721. The summed E-state index contributed by atoms with van der Waals surface area (Å²) in [7, 11) is 0. The summed E-state index contributed by atoms with van der Waals surface area (Å²) in [4.78, 5) is 21.1. The summed E-state index contributed by atoms with van der Waals surface area (Å²) in [6, 6.07) is 0. The number of hydrogen-bond acceptors (Lipinski definition) is 5. The van der Waals surface area contributed by atoms with E-state index in [4.69, 9.17) is 10.5 Å². The van der Waals surface area contributed by atoms with Gasteiger partial charge < -0.3 is 15.4 Å². The molecule has 1 amide bonds. The molecule has 0 bridgehead atoms. The number of primary amides is 1. The van der Waals surface area contributed by atoms with Crippen LogP contribution in [-0.2, 0) is 0 Å². The highest BCUT2D eigenvalue weighted by Gasteiger charge is 2.35. The van der Waals surface area contributed by atoms with Crippen LogP contribution in [0.1, 0.15) is 18.5 Å². The van der Waals surface area contributed by atoms with E-state index in [1.807, 2.05) is 6.92 Å². The number of aromatic nitrogens is 3. The molecule has 3 rings (SSSR count). The fourth-order valence-corrected chi connectivity index (χ4v) is 2.48. The SMILES string of the molecule is Cc1cnc2c(N3CCC(F)(F)CC3)nc(OC(N)=O)cn12. The fraction of sp³-hybridized carbons (Fsp3) is 0.462. The Morgan fingerprint density at radius 1 is 1.41 bits per heavy atom. The topological polar surface area (TPSA) is 85.8 Å². The van der Waals surface area contributed by atoms with Gasteiger partial charge in [-0.25, -0.2) is 18.6 Å². The number of carbonyl (C=O) groups excluding carboxylic acids is 1. The Labute approximate surface area is 124 Å². The van der Waals surface area contributed by atoms with Crippen molar-refractivity contribution in [2.24, 2.45) is 5.73 Å². The molecular formula is C13H15F2N5O2. The van der Waals surface area contributed by atoms with Gasteiger partial charge in [0.1, 0.15) is 0 Å². The molecule has 0 saturated carbocycles. The van der Waals surface area contributed by atoms with E-state index in [-0.39, 0.29) is 31.8 Å². The number of fused-ring (bicyclic) bond motifs is 1. The van der Waals surface area contributed by atoms with Crippen molar-refractivity contribution >= 4 is 17.6 Å². The average Bonchev–Trinajstić information content (AvgIpc) is 2.79. The van der Waals surface area contributed by atoms with Crippen molar-refractivity contribution in [3.8, 4) is 5.88 Å². The zero-order valence-corrected chi connectivity index (χ0v) is 11.9. The van der Waals surface area contributed by atoms with Crippen LogP contribution in [0.4, 0.5) is 19.4 Å². The van der Waals surface area contributed by atoms with Crippen LogP contribution in [0.2, 0.25) is 0 Å². The zero-order valence-electron chi connectivity index (χ0n) is 11.9. The number of aryl methyl sites for hydroxylation is 1. The third kappa shape index (κ3) is 2.66. The van der Waals surface area contributed by atoms with E-state index < -0.39 is 12.0 Å². The summed E-state index contributed by atoms with van der Waals surface area (Å²) in [6.45, 7) is 2.13. The van der Waals surface area contributed by atoms with Crippen molar-refractivity contribution in [2.75, 3.05) is 18.0 Å². The van der Waals surface area contributed by atoms with Gasteiger partial charge in [0.05, 0.1) is 6.20 Å². The van der Waals surface area contributed by atoms with E-state index >= 15 is 0 Å². The summed E-state index contributed by atoms with van der Waals surface area (Å²) >= 11 is 0. The van der Waals surface area contributed by atoms with Crippen molar-refractivity contribution in [1.82, 2.24) is 14.4 Å². The Morgan fingerprint density at radius 3 is 2.73 bits per heavy atom. The molecule has 7 nitrogen and oxygen atoms in total. The summed E-state index contributed by atoms with van der Waals surface area (Å²) in [5, 5.41) is 0. The third-order valence-corrected chi connectivity index (χ3v) is 3.64. The van der Waals surface area contributed by atoms with Gasteiger partial charge in [0.25, 0.3) is 5.92 Å². The van der Waals surface area contributed by atoms with Crippen molar-refractivity contribution in [3.63, 3.8) is 0 Å². The van der Waals surface area contributed by atoms with Crippen LogP contribution in [0.25, 0.3) is 5.65 Å². The molecule has 0 aromatic carbocycles. The molecule has 2 N–H and O–H groups in total. The number of hydrogen-bond donors (Lipinski definition) is 1. The Hall–Kier alpha value is -2.45. The van der Waals surface area contributed by atoms with Gasteiger partial charge in [-0.15, -0.1) is 0 Å². The van der Waals surface area contributed by atoms with Gasteiger partial charge in [0.2, 0.25) is 5.88 Å². The first-order valence-corrected chi connectivity index (χ1v) is 6.80. The van der Waals surface area contributed by atoms with Crippen LogP contribution < -0.4 is 15.4 Å². The zero-order chi connectivity index (χ0) is 15.9. The van der Waals surface area contributed by atoms with E-state index in [1.54, 1.807) is 15.5 Å². The molecule has 2 aromatic heterocycles. The van der Waals surface area contributed by atoms with Crippen LogP contribution in [0.15, 0.2) is 12.4 Å². The molecule has 22 heavy (non-hydrogen) atoms. The maximum atomic E-state index is 13.3. The maximum Gasteiger partial charge on any atom is 0.411 e. The lowest BCUT2D eigenvalue weighted by Crippen LogP contribution is -2.40. The monoisotopic (exact) mass is 311 g/mol. The number of alkyl halides is 2. The van der Waals surface area contributed by atoms with Gasteiger partial charge in [-0.05, 0) is 6.92 Å². The largest absolute Gasteiger partial charge is 0.411 e. The molecule has 0 radical (unpaired) electrons. The number of rotatable bonds is 2. The van der Waals surface area contributed by atoms with Crippen LogP contribution in [0.5, 0.6) is 5.88 Å². The van der Waals surface area contributed by atoms with E-state index in [0.29, 0.717) is 11.5 Å². The minimum absolute atomic E-state index is 0.00781. The highest BCUT2D eigenvalue weighted by atomic mass is 19.3. The average molecular weight is 311 g/mol. The van der Waals surface area contributed by atoms with Crippen molar-refractivity contribution in [1.29, 1.82) is 0 Å². The second kappa shape index (κ2) is 5.08. The fourth-order valence-electron chi connectivity index (χ4n) is 2.48. The highest BCUT2D eigenvalue weighted by molar-refractivity contribution is 5.70. The molecule has 9 heteroatoms. The quantitative estimate of drug-likeness (QED) is 0.913. The molecule has 1 aliphatic heterocycles. The standard InChI is InChI=1S/C13H15F2N5O2/c1-8-6-17-10-11(19-4-2-13(14,15)3-5-19)18-9(7-20(8)10)22-12(16)21/h6-7H,2-5H2,1H3,(H2,16,21). The van der Waals surface area contributed by atoms with Crippen LogP contribution in [0.3, 0.4) is 0 Å². The third-order valence-electron chi connectivity index (χ3n) is 3.64. The van der Waals surface area contributed by atoms with E-state index in [0.717, 1.165) is 5.69 Å². The van der Waals surface area contributed by atoms with Crippen molar-refractivity contribution in [2.45, 2.75) is 25.7 Å². The Kier molecular flexibility index (Phi) is 3.34. The molecule has 0 atom stereocenters. The molecular weight excluding hydrogens is 296 g/mol. The second-order valence-electron chi connectivity index (χ2n) is 5.26. The molecule has 0 spiro atoms. The molecule has 1 aliphatic rings. The predicted molar refractivity (Wildman–Crippen MR) is 74.3 cm³/mol. The number of nitrogens with two attached hydrogens (primary N) is 1. The molecule has 1 fully saturated rings. The summed E-state index contributed by atoms with van der Waals surface area (Å²) in [5.74, 6) is -2.24. The number of imidazole rings is 1. The minimum Gasteiger partial charge on any atom is -0.390 e. The van der Waals surface area contributed by atoms with Crippen LogP contribution >= 0.6 is 0 Å². The number of amides is 1. The van der Waals surface area contributed by atoms with Gasteiger partial charge in [0, 0.05) is 37.8 Å². The molecule has 0 aliphatic carbocycles. The second-order valence-corrected chi connectivity index (χ2v) is 5.26. The van der Waals surface area contributed by atoms with E-state index in [2.05, 4.69) is 9.97 Å². The first-order chi connectivity index (χ1) is 10.4. The molecule has 2 aromatic rings. The predicted octanol–water partition coefficient (Wildman–Crippen LogP) is 1.73. The number of piperidine rings is 1. The lowest BCUT2D eigenvalue weighted by Gasteiger charge is -2.32. The number of carbonyl (C=O) groups is 1.